The number of ether oxygens (including phenoxy) is 2. The molecule has 25 heavy (non-hydrogen) atoms. The Bertz CT molecular complexity index is 747. The number of carbonyl (C=O) groups is 2. The van der Waals surface area contributed by atoms with Crippen molar-refractivity contribution >= 4 is 23.4 Å². The summed E-state index contributed by atoms with van der Waals surface area (Å²) in [6.45, 7) is 3.39. The van der Waals surface area contributed by atoms with Crippen LogP contribution in [0.4, 0.5) is 0 Å². The third-order valence-corrected chi connectivity index (χ3v) is 3.48. The summed E-state index contributed by atoms with van der Waals surface area (Å²) in [5, 5.41) is 0.577. The minimum atomic E-state index is -0.491. The molecule has 0 fully saturated rings. The Morgan fingerprint density at radius 2 is 1.52 bits per heavy atom. The molecule has 0 radical (unpaired) electrons. The quantitative estimate of drug-likeness (QED) is 0.774. The standard InChI is InChI=1S/C18H19ClN2O4/c1-12-3-4-13(2)16(9-12)25-11-18(23)21-20-17(22)10-24-15-7-5-14(19)6-8-15/h3-9H,10-11H2,1-2H3,(H,20,22)(H,21,23). The molecule has 0 aliphatic rings. The van der Waals surface area contributed by atoms with Gasteiger partial charge >= 0.3 is 0 Å². The van der Waals surface area contributed by atoms with Crippen molar-refractivity contribution in [2.75, 3.05) is 13.2 Å². The SMILES string of the molecule is Cc1ccc(C)c(OCC(=O)NNC(=O)COc2ccc(Cl)cc2)c1. The van der Waals surface area contributed by atoms with E-state index < -0.39 is 11.8 Å². The highest BCUT2D eigenvalue weighted by atomic mass is 35.5. The molecule has 2 N–H and O–H groups in total. The first-order valence-electron chi connectivity index (χ1n) is 7.60. The minimum Gasteiger partial charge on any atom is -0.484 e. The Morgan fingerprint density at radius 1 is 0.920 bits per heavy atom. The lowest BCUT2D eigenvalue weighted by molar-refractivity contribution is -0.131. The van der Waals surface area contributed by atoms with E-state index in [9.17, 15) is 9.59 Å². The molecule has 0 saturated heterocycles. The van der Waals surface area contributed by atoms with Crippen LogP contribution in [-0.2, 0) is 9.59 Å². The van der Waals surface area contributed by atoms with Crippen LogP contribution in [0.1, 0.15) is 11.1 Å². The summed E-state index contributed by atoms with van der Waals surface area (Å²) in [7, 11) is 0. The van der Waals surface area contributed by atoms with Gasteiger partial charge in [-0.25, -0.2) is 0 Å². The van der Waals surface area contributed by atoms with Gasteiger partial charge in [-0.15, -0.1) is 0 Å². The maximum Gasteiger partial charge on any atom is 0.276 e. The largest absolute Gasteiger partial charge is 0.484 e. The molecule has 0 unspecified atom stereocenters. The first-order valence-corrected chi connectivity index (χ1v) is 7.98. The van der Waals surface area contributed by atoms with E-state index >= 15 is 0 Å². The van der Waals surface area contributed by atoms with Gasteiger partial charge in [-0.2, -0.15) is 0 Å². The molecule has 0 spiro atoms. The molecule has 0 aliphatic carbocycles. The van der Waals surface area contributed by atoms with E-state index in [1.807, 2.05) is 32.0 Å². The predicted molar refractivity (Wildman–Crippen MR) is 94.6 cm³/mol. The minimum absolute atomic E-state index is 0.206. The van der Waals surface area contributed by atoms with Crippen molar-refractivity contribution in [3.05, 3.63) is 58.6 Å². The molecule has 2 rings (SSSR count). The Balaban J connectivity index is 1.69. The van der Waals surface area contributed by atoms with Crippen LogP contribution >= 0.6 is 11.6 Å². The van der Waals surface area contributed by atoms with E-state index in [-0.39, 0.29) is 13.2 Å². The van der Waals surface area contributed by atoms with Crippen molar-refractivity contribution in [2.45, 2.75) is 13.8 Å². The fourth-order valence-electron chi connectivity index (χ4n) is 1.90. The zero-order valence-electron chi connectivity index (χ0n) is 14.0. The third-order valence-electron chi connectivity index (χ3n) is 3.23. The Morgan fingerprint density at radius 3 is 2.16 bits per heavy atom. The summed E-state index contributed by atoms with van der Waals surface area (Å²) in [6, 6.07) is 12.3. The highest BCUT2D eigenvalue weighted by Gasteiger charge is 2.08. The first kappa shape index (κ1) is 18.6. The van der Waals surface area contributed by atoms with Gasteiger partial charge in [-0.05, 0) is 55.3 Å². The average Bonchev–Trinajstić information content (AvgIpc) is 2.60. The fourth-order valence-corrected chi connectivity index (χ4v) is 2.02. The fraction of sp³-hybridized carbons (Fsp3) is 0.222. The lowest BCUT2D eigenvalue weighted by Crippen LogP contribution is -2.45. The maximum absolute atomic E-state index is 11.7. The van der Waals surface area contributed by atoms with Gasteiger partial charge in [0.25, 0.3) is 11.8 Å². The van der Waals surface area contributed by atoms with E-state index in [4.69, 9.17) is 21.1 Å². The number of amides is 2. The highest BCUT2D eigenvalue weighted by Crippen LogP contribution is 2.18. The summed E-state index contributed by atoms with van der Waals surface area (Å²) >= 11 is 5.76. The zero-order chi connectivity index (χ0) is 18.2. The molecule has 132 valence electrons. The van der Waals surface area contributed by atoms with Crippen LogP contribution in [-0.4, -0.2) is 25.0 Å². The van der Waals surface area contributed by atoms with Gasteiger partial charge in [-0.3, -0.25) is 20.4 Å². The van der Waals surface area contributed by atoms with Gasteiger partial charge in [-0.1, -0.05) is 23.7 Å². The van der Waals surface area contributed by atoms with Gasteiger partial charge in [0.15, 0.2) is 13.2 Å². The molecule has 2 aromatic rings. The lowest BCUT2D eigenvalue weighted by atomic mass is 10.1. The second-order valence-corrected chi connectivity index (χ2v) is 5.83. The normalized spacial score (nSPS) is 10.0. The molecule has 0 heterocycles. The van der Waals surface area contributed by atoms with E-state index in [1.165, 1.54) is 0 Å². The average molecular weight is 363 g/mol. The number of carbonyl (C=O) groups excluding carboxylic acids is 2. The van der Waals surface area contributed by atoms with Crippen molar-refractivity contribution in [3.8, 4) is 11.5 Å². The Labute approximate surface area is 151 Å². The number of halogens is 1. The molecule has 2 aromatic carbocycles. The van der Waals surface area contributed by atoms with Crippen LogP contribution in [0.5, 0.6) is 11.5 Å². The Hall–Kier alpha value is -2.73. The molecule has 7 heteroatoms. The molecular formula is C18H19ClN2O4. The number of hydrogen-bond acceptors (Lipinski definition) is 4. The van der Waals surface area contributed by atoms with Gasteiger partial charge < -0.3 is 9.47 Å². The molecular weight excluding hydrogens is 344 g/mol. The van der Waals surface area contributed by atoms with Crippen LogP contribution in [0.25, 0.3) is 0 Å². The van der Waals surface area contributed by atoms with Crippen LogP contribution in [0.3, 0.4) is 0 Å². The van der Waals surface area contributed by atoms with Gasteiger partial charge in [0, 0.05) is 5.02 Å². The third kappa shape index (κ3) is 6.35. The molecule has 2 amide bonds. The lowest BCUT2D eigenvalue weighted by Gasteiger charge is -2.11. The summed E-state index contributed by atoms with van der Waals surface area (Å²) in [5.41, 5.74) is 6.49. The predicted octanol–water partition coefficient (Wildman–Crippen LogP) is 2.56. The number of nitrogens with one attached hydrogen (secondary N) is 2. The van der Waals surface area contributed by atoms with Crippen LogP contribution in [0, 0.1) is 13.8 Å². The molecule has 0 atom stereocenters. The molecule has 0 aliphatic heterocycles. The smallest absolute Gasteiger partial charge is 0.276 e. The molecule has 0 bridgehead atoms. The monoisotopic (exact) mass is 362 g/mol. The van der Waals surface area contributed by atoms with E-state index in [1.54, 1.807) is 24.3 Å². The van der Waals surface area contributed by atoms with Gasteiger partial charge in [0.1, 0.15) is 11.5 Å². The van der Waals surface area contributed by atoms with Crippen LogP contribution < -0.4 is 20.3 Å². The van der Waals surface area contributed by atoms with Crippen LogP contribution in [0.2, 0.25) is 5.02 Å². The number of aryl methyl sites for hydroxylation is 2. The van der Waals surface area contributed by atoms with Crippen molar-refractivity contribution in [1.82, 2.24) is 10.9 Å². The number of benzene rings is 2. The maximum atomic E-state index is 11.7. The van der Waals surface area contributed by atoms with E-state index in [2.05, 4.69) is 10.9 Å². The topological polar surface area (TPSA) is 76.7 Å². The first-order chi connectivity index (χ1) is 11.9. The van der Waals surface area contributed by atoms with Crippen LogP contribution in [0.15, 0.2) is 42.5 Å². The van der Waals surface area contributed by atoms with Crippen molar-refractivity contribution in [3.63, 3.8) is 0 Å². The van der Waals surface area contributed by atoms with Gasteiger partial charge in [0.05, 0.1) is 0 Å². The summed E-state index contributed by atoms with van der Waals surface area (Å²) in [6.07, 6.45) is 0. The van der Waals surface area contributed by atoms with E-state index in [0.29, 0.717) is 16.5 Å². The zero-order valence-corrected chi connectivity index (χ0v) is 14.7. The van der Waals surface area contributed by atoms with Crippen molar-refractivity contribution in [2.24, 2.45) is 0 Å². The number of rotatable bonds is 6. The summed E-state index contributed by atoms with van der Waals surface area (Å²) < 4.78 is 10.7. The van der Waals surface area contributed by atoms with Crippen molar-refractivity contribution < 1.29 is 19.1 Å². The highest BCUT2D eigenvalue weighted by molar-refractivity contribution is 6.30. The van der Waals surface area contributed by atoms with E-state index in [0.717, 1.165) is 11.1 Å². The second-order valence-electron chi connectivity index (χ2n) is 5.40. The Kier molecular flexibility index (Phi) is 6.65. The molecule has 0 aromatic heterocycles. The summed E-state index contributed by atoms with van der Waals surface area (Å²) in [5.74, 6) is 0.174. The number of hydrazine groups is 1. The second kappa shape index (κ2) is 8.94. The number of hydrogen-bond donors (Lipinski definition) is 2. The molecule has 0 saturated carbocycles. The summed E-state index contributed by atoms with van der Waals surface area (Å²) in [4.78, 5) is 23.4. The van der Waals surface area contributed by atoms with Crippen molar-refractivity contribution in [1.29, 1.82) is 0 Å². The van der Waals surface area contributed by atoms with Gasteiger partial charge in [0.2, 0.25) is 0 Å². The molecule has 6 nitrogen and oxygen atoms in total.